The second kappa shape index (κ2) is 12.2. The minimum Gasteiger partial charge on any atom is -0.486 e. The van der Waals surface area contributed by atoms with Gasteiger partial charge in [-0.05, 0) is 48.6 Å². The van der Waals surface area contributed by atoms with Gasteiger partial charge in [-0.1, -0.05) is 6.07 Å². The predicted molar refractivity (Wildman–Crippen MR) is 136 cm³/mol. The Hall–Kier alpha value is -3.47. The summed E-state index contributed by atoms with van der Waals surface area (Å²) in [5.74, 6) is 1.23. The summed E-state index contributed by atoms with van der Waals surface area (Å²) < 4.78 is 16.4. The smallest absolute Gasteiger partial charge is 0.253 e. The SMILES string of the molecule is O=C(NCC(O)CN1CCc2cc(OCc3cnco3)ccc2C1)c1cncc(NC2CCOCC2)c1. The molecule has 2 aliphatic heterocycles. The maximum absolute atomic E-state index is 12.7. The molecule has 1 amide bonds. The Kier molecular flexibility index (Phi) is 8.29. The Morgan fingerprint density at radius 2 is 2.05 bits per heavy atom. The van der Waals surface area contributed by atoms with Crippen LogP contribution in [0.4, 0.5) is 5.69 Å². The molecule has 1 fully saturated rings. The van der Waals surface area contributed by atoms with E-state index < -0.39 is 6.10 Å². The van der Waals surface area contributed by atoms with Crippen LogP contribution < -0.4 is 15.4 Å². The molecule has 10 nitrogen and oxygen atoms in total. The zero-order valence-corrected chi connectivity index (χ0v) is 20.8. The van der Waals surface area contributed by atoms with Gasteiger partial charge < -0.3 is 29.6 Å². The summed E-state index contributed by atoms with van der Waals surface area (Å²) >= 11 is 0. The fraction of sp³-hybridized carbons (Fsp3) is 0.444. The first kappa shape index (κ1) is 25.2. The number of nitrogens with zero attached hydrogens (tertiary/aromatic N) is 3. The predicted octanol–water partition coefficient (Wildman–Crippen LogP) is 2.39. The fourth-order valence-electron chi connectivity index (χ4n) is 4.70. The van der Waals surface area contributed by atoms with Crippen molar-refractivity contribution in [1.29, 1.82) is 0 Å². The number of hydrogen-bond donors (Lipinski definition) is 3. The van der Waals surface area contributed by atoms with Gasteiger partial charge >= 0.3 is 0 Å². The van der Waals surface area contributed by atoms with Crippen molar-refractivity contribution in [2.24, 2.45) is 0 Å². The summed E-state index contributed by atoms with van der Waals surface area (Å²) in [6, 6.07) is 8.21. The lowest BCUT2D eigenvalue weighted by Crippen LogP contribution is -2.42. The number of aromatic nitrogens is 2. The fourth-order valence-corrected chi connectivity index (χ4v) is 4.70. The molecule has 2 aliphatic rings. The van der Waals surface area contributed by atoms with Crippen LogP contribution in [0.3, 0.4) is 0 Å². The van der Waals surface area contributed by atoms with Crippen LogP contribution in [0.5, 0.6) is 5.75 Å². The Bertz CT molecular complexity index is 1170. The van der Waals surface area contributed by atoms with E-state index in [2.05, 4.69) is 37.6 Å². The molecule has 3 aromatic rings. The highest BCUT2D eigenvalue weighted by Crippen LogP contribution is 2.24. The molecule has 0 aliphatic carbocycles. The average molecular weight is 508 g/mol. The Balaban J connectivity index is 1.07. The number of carbonyl (C=O) groups excluding carboxylic acids is 1. The minimum atomic E-state index is -0.675. The molecule has 10 heteroatoms. The lowest BCUT2D eigenvalue weighted by molar-refractivity contribution is 0.0841. The number of oxazole rings is 1. The van der Waals surface area contributed by atoms with Crippen molar-refractivity contribution in [2.45, 2.75) is 44.6 Å². The van der Waals surface area contributed by atoms with Crippen molar-refractivity contribution in [2.75, 3.05) is 38.2 Å². The first-order chi connectivity index (χ1) is 18.1. The highest BCUT2D eigenvalue weighted by Gasteiger charge is 2.20. The number of amides is 1. The van der Waals surface area contributed by atoms with Gasteiger partial charge in [0.15, 0.2) is 12.2 Å². The largest absolute Gasteiger partial charge is 0.486 e. The second-order valence-electron chi connectivity index (χ2n) is 9.53. The number of nitrogens with one attached hydrogen (secondary N) is 2. The molecule has 1 atom stereocenters. The van der Waals surface area contributed by atoms with E-state index >= 15 is 0 Å². The van der Waals surface area contributed by atoms with Crippen LogP contribution in [0.25, 0.3) is 0 Å². The number of aliphatic hydroxyl groups excluding tert-OH is 1. The van der Waals surface area contributed by atoms with E-state index in [0.717, 1.165) is 57.0 Å². The lowest BCUT2D eigenvalue weighted by atomic mass is 9.99. The molecule has 4 heterocycles. The van der Waals surface area contributed by atoms with Crippen molar-refractivity contribution < 1.29 is 23.8 Å². The van der Waals surface area contributed by atoms with Crippen LogP contribution in [0.1, 0.15) is 40.1 Å². The highest BCUT2D eigenvalue weighted by molar-refractivity contribution is 5.94. The standard InChI is InChI=1S/C27H33N5O5/c33-24(13-30-27(34)21-9-23(12-28-11-21)31-22-4-7-35-8-5-22)16-32-6-3-19-10-25(2-1-20(19)15-32)36-17-26-14-29-18-37-26/h1-2,9-12,14,18,22,24,31,33H,3-8,13,15-17H2,(H,30,34). The van der Waals surface area contributed by atoms with Gasteiger partial charge in [-0.2, -0.15) is 0 Å². The molecular weight excluding hydrogens is 474 g/mol. The molecule has 0 saturated carbocycles. The number of pyridine rings is 1. The number of aliphatic hydroxyl groups is 1. The molecule has 0 bridgehead atoms. The number of hydrogen-bond acceptors (Lipinski definition) is 9. The van der Waals surface area contributed by atoms with Gasteiger partial charge in [0, 0.05) is 57.8 Å². The Labute approximate surface area is 216 Å². The molecule has 1 aromatic carbocycles. The average Bonchev–Trinajstić information content (AvgIpc) is 3.45. The van der Waals surface area contributed by atoms with Gasteiger partial charge in [0.1, 0.15) is 12.4 Å². The highest BCUT2D eigenvalue weighted by atomic mass is 16.5. The number of anilines is 1. The van der Waals surface area contributed by atoms with Crippen molar-refractivity contribution in [3.05, 3.63) is 71.7 Å². The maximum atomic E-state index is 12.7. The van der Waals surface area contributed by atoms with Crippen LogP contribution in [0.15, 0.2) is 53.7 Å². The van der Waals surface area contributed by atoms with Crippen molar-refractivity contribution in [3.63, 3.8) is 0 Å². The molecule has 0 radical (unpaired) electrons. The van der Waals surface area contributed by atoms with E-state index in [9.17, 15) is 9.90 Å². The Morgan fingerprint density at radius 3 is 2.89 bits per heavy atom. The van der Waals surface area contributed by atoms with Crippen molar-refractivity contribution >= 4 is 11.6 Å². The van der Waals surface area contributed by atoms with Gasteiger partial charge in [0.05, 0.1) is 23.6 Å². The first-order valence-electron chi connectivity index (χ1n) is 12.7. The zero-order chi connectivity index (χ0) is 25.5. The topological polar surface area (TPSA) is 122 Å². The number of rotatable bonds is 10. The number of fused-ring (bicyclic) bond motifs is 1. The third-order valence-electron chi connectivity index (χ3n) is 6.69. The van der Waals surface area contributed by atoms with Gasteiger partial charge in [-0.15, -0.1) is 0 Å². The molecule has 196 valence electrons. The normalized spacial score (nSPS) is 17.1. The first-order valence-corrected chi connectivity index (χ1v) is 12.7. The van der Waals surface area contributed by atoms with Gasteiger partial charge in [-0.3, -0.25) is 14.7 Å². The number of β-amino-alcohol motifs (C(OH)–C–C–N with tert-alkyl or cyclic N) is 1. The zero-order valence-electron chi connectivity index (χ0n) is 20.8. The van der Waals surface area contributed by atoms with Gasteiger partial charge in [0.25, 0.3) is 5.91 Å². The molecule has 0 spiro atoms. The van der Waals surface area contributed by atoms with Crippen molar-refractivity contribution in [1.82, 2.24) is 20.2 Å². The van der Waals surface area contributed by atoms with Crippen molar-refractivity contribution in [3.8, 4) is 5.75 Å². The van der Waals surface area contributed by atoms with E-state index in [1.54, 1.807) is 24.7 Å². The molecule has 1 saturated heterocycles. The molecule has 1 unspecified atom stereocenters. The second-order valence-corrected chi connectivity index (χ2v) is 9.53. The van der Waals surface area contributed by atoms with Crippen LogP contribution in [-0.4, -0.2) is 70.9 Å². The summed E-state index contributed by atoms with van der Waals surface area (Å²) in [5.41, 5.74) is 3.75. The molecule has 2 aromatic heterocycles. The minimum absolute atomic E-state index is 0.175. The quantitative estimate of drug-likeness (QED) is 0.380. The van der Waals surface area contributed by atoms with E-state index in [0.29, 0.717) is 30.5 Å². The number of carbonyl (C=O) groups is 1. The summed E-state index contributed by atoms with van der Waals surface area (Å²) in [5, 5.41) is 16.9. The van der Waals surface area contributed by atoms with E-state index in [1.807, 2.05) is 6.07 Å². The van der Waals surface area contributed by atoms with E-state index in [1.165, 1.54) is 17.5 Å². The molecule has 3 N–H and O–H groups in total. The maximum Gasteiger partial charge on any atom is 0.253 e. The number of ether oxygens (including phenoxy) is 2. The lowest BCUT2D eigenvalue weighted by Gasteiger charge is -2.30. The summed E-state index contributed by atoms with van der Waals surface area (Å²) in [7, 11) is 0. The van der Waals surface area contributed by atoms with E-state index in [4.69, 9.17) is 13.9 Å². The summed E-state index contributed by atoms with van der Waals surface area (Å²) in [4.78, 5) is 23.0. The molecule has 5 rings (SSSR count). The van der Waals surface area contributed by atoms with Gasteiger partial charge in [0.2, 0.25) is 0 Å². The molecular formula is C27H33N5O5. The molecule has 37 heavy (non-hydrogen) atoms. The third kappa shape index (κ3) is 7.06. The van der Waals surface area contributed by atoms with Gasteiger partial charge in [-0.25, -0.2) is 4.98 Å². The Morgan fingerprint density at radius 1 is 1.16 bits per heavy atom. The third-order valence-corrected chi connectivity index (χ3v) is 6.69. The van der Waals surface area contributed by atoms with E-state index in [-0.39, 0.29) is 12.5 Å². The summed E-state index contributed by atoms with van der Waals surface area (Å²) in [6.07, 6.45) is 8.36. The van der Waals surface area contributed by atoms with Crippen LogP contribution in [0.2, 0.25) is 0 Å². The van der Waals surface area contributed by atoms with Crippen LogP contribution >= 0.6 is 0 Å². The van der Waals surface area contributed by atoms with Crippen LogP contribution in [0, 0.1) is 0 Å². The summed E-state index contributed by atoms with van der Waals surface area (Å²) in [6.45, 7) is 4.05. The number of benzene rings is 1. The van der Waals surface area contributed by atoms with Crippen LogP contribution in [-0.2, 0) is 24.3 Å². The monoisotopic (exact) mass is 507 g/mol.